The molecule has 2 saturated carbocycles. The monoisotopic (exact) mass is 345 g/mol. The zero-order valence-corrected chi connectivity index (χ0v) is 15.0. The summed E-state index contributed by atoms with van der Waals surface area (Å²) in [4.78, 5) is 0. The molecule has 0 bridgehead atoms. The first kappa shape index (κ1) is 16.7. The highest BCUT2D eigenvalue weighted by Gasteiger charge is 2.36. The largest absolute Gasteiger partial charge is 0.491 e. The Morgan fingerprint density at radius 3 is 2.52 bits per heavy atom. The predicted molar refractivity (Wildman–Crippen MR) is 96.6 cm³/mol. The lowest BCUT2D eigenvalue weighted by Crippen LogP contribution is -2.38. The van der Waals surface area contributed by atoms with Crippen molar-refractivity contribution in [2.75, 3.05) is 26.6 Å². The third-order valence-electron chi connectivity index (χ3n) is 5.66. The van der Waals surface area contributed by atoms with Crippen LogP contribution >= 0.6 is 0 Å². The zero-order chi connectivity index (χ0) is 17.4. The van der Waals surface area contributed by atoms with E-state index < -0.39 is 5.79 Å². The third kappa shape index (κ3) is 3.33. The van der Waals surface area contributed by atoms with E-state index in [2.05, 4.69) is 10.9 Å². The second-order valence-electron chi connectivity index (χ2n) is 7.36. The molecule has 1 heterocycles. The standard InChI is InChI=1S/C19H27N3O3/c1-23-19(24-2)7-5-15(6-8-19)22-11-14-9-16(20)18(10-17(14)21-22)25-12-13-3-4-13/h9-11,13,15H,3-8,12,20H2,1-2H3. The van der Waals surface area contributed by atoms with Gasteiger partial charge in [-0.05, 0) is 37.7 Å². The summed E-state index contributed by atoms with van der Waals surface area (Å²) in [5, 5.41) is 5.84. The number of ether oxygens (including phenoxy) is 3. The van der Waals surface area contributed by atoms with Crippen LogP contribution in [0.15, 0.2) is 18.3 Å². The molecule has 0 aliphatic heterocycles. The molecule has 2 aliphatic rings. The number of nitrogen functional groups attached to an aromatic ring is 1. The highest BCUT2D eigenvalue weighted by atomic mass is 16.7. The molecule has 136 valence electrons. The van der Waals surface area contributed by atoms with Gasteiger partial charge in [0.05, 0.1) is 23.9 Å². The van der Waals surface area contributed by atoms with E-state index in [0.717, 1.165) is 48.9 Å². The number of hydrogen-bond donors (Lipinski definition) is 1. The first-order valence-corrected chi connectivity index (χ1v) is 9.14. The third-order valence-corrected chi connectivity index (χ3v) is 5.66. The lowest BCUT2D eigenvalue weighted by atomic mass is 9.90. The second-order valence-corrected chi connectivity index (χ2v) is 7.36. The summed E-state index contributed by atoms with van der Waals surface area (Å²) in [7, 11) is 3.44. The fourth-order valence-electron chi connectivity index (χ4n) is 3.69. The molecule has 25 heavy (non-hydrogen) atoms. The van der Waals surface area contributed by atoms with E-state index in [0.29, 0.717) is 17.6 Å². The number of hydrogen-bond acceptors (Lipinski definition) is 5. The Kier molecular flexibility index (Phi) is 4.33. The van der Waals surface area contributed by atoms with Crippen molar-refractivity contribution in [1.29, 1.82) is 0 Å². The molecule has 0 saturated heterocycles. The first-order valence-electron chi connectivity index (χ1n) is 9.14. The lowest BCUT2D eigenvalue weighted by molar-refractivity contribution is -0.226. The highest BCUT2D eigenvalue weighted by Crippen LogP contribution is 2.38. The normalized spacial score (nSPS) is 20.9. The van der Waals surface area contributed by atoms with Crippen LogP contribution in [0.2, 0.25) is 0 Å². The number of methoxy groups -OCH3 is 2. The summed E-state index contributed by atoms with van der Waals surface area (Å²) in [6, 6.07) is 4.31. The zero-order valence-electron chi connectivity index (χ0n) is 15.0. The maximum absolute atomic E-state index is 6.16. The Labute approximate surface area is 148 Å². The molecular weight excluding hydrogens is 318 g/mol. The predicted octanol–water partition coefficient (Wildman–Crippen LogP) is 3.51. The van der Waals surface area contributed by atoms with Gasteiger partial charge in [-0.25, -0.2) is 0 Å². The number of fused-ring (bicyclic) bond motifs is 1. The summed E-state index contributed by atoms with van der Waals surface area (Å²) in [5.41, 5.74) is 7.79. The molecule has 4 rings (SSSR count). The first-order chi connectivity index (χ1) is 12.1. The smallest absolute Gasteiger partial charge is 0.167 e. The number of nitrogens with zero attached hydrogens (tertiary/aromatic N) is 2. The fourth-order valence-corrected chi connectivity index (χ4v) is 3.69. The molecule has 2 aromatic rings. The van der Waals surface area contributed by atoms with Crippen molar-refractivity contribution in [2.24, 2.45) is 5.92 Å². The van der Waals surface area contributed by atoms with E-state index in [1.807, 2.05) is 12.1 Å². The van der Waals surface area contributed by atoms with Gasteiger partial charge >= 0.3 is 0 Å². The maximum atomic E-state index is 6.16. The number of nitrogens with two attached hydrogens (primary N) is 1. The Morgan fingerprint density at radius 2 is 1.88 bits per heavy atom. The van der Waals surface area contributed by atoms with Crippen LogP contribution < -0.4 is 10.5 Å². The minimum atomic E-state index is -0.433. The average molecular weight is 345 g/mol. The van der Waals surface area contributed by atoms with Crippen LogP contribution in [0.4, 0.5) is 5.69 Å². The van der Waals surface area contributed by atoms with Crippen molar-refractivity contribution < 1.29 is 14.2 Å². The highest BCUT2D eigenvalue weighted by molar-refractivity contribution is 5.84. The summed E-state index contributed by atoms with van der Waals surface area (Å²) >= 11 is 0. The molecule has 1 aromatic heterocycles. The van der Waals surface area contributed by atoms with Crippen LogP contribution in [0.25, 0.3) is 10.9 Å². The molecule has 0 radical (unpaired) electrons. The molecule has 1 aromatic carbocycles. The van der Waals surface area contributed by atoms with Crippen LogP contribution in [-0.4, -0.2) is 36.4 Å². The Balaban J connectivity index is 1.51. The summed E-state index contributed by atoms with van der Waals surface area (Å²) in [5.74, 6) is 1.03. The van der Waals surface area contributed by atoms with Gasteiger partial charge in [0.1, 0.15) is 5.75 Å². The average Bonchev–Trinajstić information content (AvgIpc) is 3.38. The van der Waals surface area contributed by atoms with E-state index in [-0.39, 0.29) is 0 Å². The van der Waals surface area contributed by atoms with Gasteiger partial charge in [-0.3, -0.25) is 4.68 Å². The van der Waals surface area contributed by atoms with Crippen molar-refractivity contribution in [3.8, 4) is 5.75 Å². The van der Waals surface area contributed by atoms with Gasteiger partial charge in [0.2, 0.25) is 0 Å². The molecule has 6 heteroatoms. The molecule has 6 nitrogen and oxygen atoms in total. The Bertz CT molecular complexity index is 740. The van der Waals surface area contributed by atoms with Gasteiger partial charge in [0.15, 0.2) is 5.79 Å². The van der Waals surface area contributed by atoms with Gasteiger partial charge in [0, 0.05) is 44.7 Å². The molecule has 0 spiro atoms. The van der Waals surface area contributed by atoms with Crippen LogP contribution in [0.1, 0.15) is 44.6 Å². The molecule has 0 unspecified atom stereocenters. The molecule has 0 amide bonds. The van der Waals surface area contributed by atoms with Gasteiger partial charge in [-0.15, -0.1) is 0 Å². The van der Waals surface area contributed by atoms with E-state index in [4.69, 9.17) is 25.0 Å². The van der Waals surface area contributed by atoms with Crippen LogP contribution in [-0.2, 0) is 9.47 Å². The number of anilines is 1. The number of aromatic nitrogens is 2. The van der Waals surface area contributed by atoms with E-state index in [1.165, 1.54) is 12.8 Å². The number of benzene rings is 1. The molecular formula is C19H27N3O3. The van der Waals surface area contributed by atoms with Gasteiger partial charge in [0.25, 0.3) is 0 Å². The van der Waals surface area contributed by atoms with E-state index in [9.17, 15) is 0 Å². The van der Waals surface area contributed by atoms with Crippen molar-refractivity contribution in [3.05, 3.63) is 18.3 Å². The van der Waals surface area contributed by atoms with Gasteiger partial charge in [-0.1, -0.05) is 0 Å². The molecule has 2 aliphatic carbocycles. The minimum absolute atomic E-state index is 0.364. The number of rotatable bonds is 6. The topological polar surface area (TPSA) is 71.5 Å². The van der Waals surface area contributed by atoms with Crippen LogP contribution in [0.3, 0.4) is 0 Å². The molecule has 2 N–H and O–H groups in total. The summed E-state index contributed by atoms with van der Waals surface area (Å²) < 4.78 is 19.1. The van der Waals surface area contributed by atoms with Crippen molar-refractivity contribution >= 4 is 16.6 Å². The molecule has 2 fully saturated rings. The Morgan fingerprint density at radius 1 is 1.16 bits per heavy atom. The van der Waals surface area contributed by atoms with E-state index in [1.54, 1.807) is 14.2 Å². The van der Waals surface area contributed by atoms with Crippen molar-refractivity contribution in [3.63, 3.8) is 0 Å². The SMILES string of the molecule is COC1(OC)CCC(n2cc3cc(N)c(OCC4CC4)cc3n2)CC1. The molecule has 0 atom stereocenters. The van der Waals surface area contributed by atoms with Gasteiger partial charge in [-0.2, -0.15) is 5.10 Å². The van der Waals surface area contributed by atoms with Crippen LogP contribution in [0.5, 0.6) is 5.75 Å². The van der Waals surface area contributed by atoms with Gasteiger partial charge < -0.3 is 19.9 Å². The quantitative estimate of drug-likeness (QED) is 0.641. The Hall–Kier alpha value is -1.79. The van der Waals surface area contributed by atoms with Crippen molar-refractivity contribution in [1.82, 2.24) is 9.78 Å². The lowest BCUT2D eigenvalue weighted by Gasteiger charge is -2.37. The van der Waals surface area contributed by atoms with Crippen molar-refractivity contribution in [2.45, 2.75) is 50.4 Å². The van der Waals surface area contributed by atoms with E-state index >= 15 is 0 Å². The fraction of sp³-hybridized carbons (Fsp3) is 0.632. The van der Waals surface area contributed by atoms with Crippen LogP contribution in [0, 0.1) is 5.92 Å². The second kappa shape index (κ2) is 6.50. The maximum Gasteiger partial charge on any atom is 0.167 e. The minimum Gasteiger partial charge on any atom is -0.491 e. The summed E-state index contributed by atoms with van der Waals surface area (Å²) in [6.45, 7) is 0.759. The summed E-state index contributed by atoms with van der Waals surface area (Å²) in [6.07, 6.45) is 8.34.